The number of carbonyl (C=O) groups excluding carboxylic acids is 1. The third-order valence-electron chi connectivity index (χ3n) is 6.55. The van der Waals surface area contributed by atoms with Gasteiger partial charge in [-0.3, -0.25) is 9.36 Å². The van der Waals surface area contributed by atoms with Crippen LogP contribution in [-0.4, -0.2) is 37.2 Å². The number of halogens is 1. The van der Waals surface area contributed by atoms with Gasteiger partial charge in [0.1, 0.15) is 18.5 Å². The minimum Gasteiger partial charge on any atom is -0.351 e. The standard InChI is InChI=1S/C27H25ClN6O/c1-17-11-23-24(12-18(17)2)33-26(32-23)27(3,19-7-5-4-6-8-19)14-29-25(35)21-10-9-20(13-22(21)28)34-15-30-31-16-34/h4-13,15-16H,14H2,1-3H3,(H,29,35)(H,32,33)/t27-/m0/s1. The summed E-state index contributed by atoms with van der Waals surface area (Å²) in [5.74, 6) is 0.535. The average molecular weight is 485 g/mol. The highest BCUT2D eigenvalue weighted by Gasteiger charge is 2.33. The second-order valence-electron chi connectivity index (χ2n) is 8.95. The first-order valence-electron chi connectivity index (χ1n) is 11.3. The molecule has 176 valence electrons. The molecule has 0 aliphatic carbocycles. The molecule has 2 aromatic heterocycles. The molecule has 2 heterocycles. The summed E-state index contributed by atoms with van der Waals surface area (Å²) in [5, 5.41) is 11.0. The number of fused-ring (bicyclic) bond motifs is 1. The molecule has 35 heavy (non-hydrogen) atoms. The Bertz CT molecular complexity index is 1470. The van der Waals surface area contributed by atoms with E-state index in [1.807, 2.05) is 24.3 Å². The van der Waals surface area contributed by atoms with Crippen LogP contribution in [0.3, 0.4) is 0 Å². The highest BCUT2D eigenvalue weighted by molar-refractivity contribution is 6.34. The lowest BCUT2D eigenvalue weighted by Gasteiger charge is -2.28. The topological polar surface area (TPSA) is 88.5 Å². The lowest BCUT2D eigenvalue weighted by molar-refractivity contribution is 0.0947. The van der Waals surface area contributed by atoms with Crippen LogP contribution in [0.4, 0.5) is 0 Å². The molecule has 5 aromatic rings. The second kappa shape index (κ2) is 9.00. The van der Waals surface area contributed by atoms with Gasteiger partial charge < -0.3 is 10.3 Å². The largest absolute Gasteiger partial charge is 0.351 e. The van der Waals surface area contributed by atoms with Gasteiger partial charge >= 0.3 is 0 Å². The summed E-state index contributed by atoms with van der Waals surface area (Å²) in [6, 6.07) is 19.5. The van der Waals surface area contributed by atoms with Gasteiger partial charge in [0, 0.05) is 12.2 Å². The number of hydrogen-bond acceptors (Lipinski definition) is 4. The molecule has 0 radical (unpaired) electrons. The quantitative estimate of drug-likeness (QED) is 0.349. The van der Waals surface area contributed by atoms with Crippen LogP contribution in [0.15, 0.2) is 73.3 Å². The number of aryl methyl sites for hydroxylation is 2. The number of carbonyl (C=O) groups is 1. The van der Waals surface area contributed by atoms with Crippen LogP contribution in [0.2, 0.25) is 5.02 Å². The number of amides is 1. The summed E-state index contributed by atoms with van der Waals surface area (Å²) >= 11 is 6.47. The average Bonchev–Trinajstić information content (AvgIpc) is 3.54. The van der Waals surface area contributed by atoms with Crippen LogP contribution in [0.25, 0.3) is 16.7 Å². The van der Waals surface area contributed by atoms with Gasteiger partial charge in [0.2, 0.25) is 0 Å². The summed E-state index contributed by atoms with van der Waals surface area (Å²) < 4.78 is 1.73. The Morgan fingerprint density at radius 3 is 2.46 bits per heavy atom. The van der Waals surface area contributed by atoms with Crippen LogP contribution in [0, 0.1) is 13.8 Å². The molecule has 7 nitrogen and oxygen atoms in total. The van der Waals surface area contributed by atoms with Crippen molar-refractivity contribution in [3.63, 3.8) is 0 Å². The molecule has 0 unspecified atom stereocenters. The van der Waals surface area contributed by atoms with E-state index in [0.29, 0.717) is 17.1 Å². The third kappa shape index (κ3) is 4.31. The number of aromatic nitrogens is 5. The van der Waals surface area contributed by atoms with Gasteiger partial charge in [0.15, 0.2) is 0 Å². The van der Waals surface area contributed by atoms with Crippen LogP contribution >= 0.6 is 11.6 Å². The van der Waals surface area contributed by atoms with Gasteiger partial charge in [-0.25, -0.2) is 4.98 Å². The highest BCUT2D eigenvalue weighted by atomic mass is 35.5. The molecule has 0 saturated heterocycles. The first-order valence-corrected chi connectivity index (χ1v) is 11.7. The van der Waals surface area contributed by atoms with Crippen LogP contribution < -0.4 is 5.32 Å². The maximum atomic E-state index is 13.2. The molecule has 0 spiro atoms. The maximum absolute atomic E-state index is 13.2. The summed E-state index contributed by atoms with van der Waals surface area (Å²) in [6.45, 7) is 6.58. The fourth-order valence-corrected chi connectivity index (χ4v) is 4.46. The van der Waals surface area contributed by atoms with Crippen molar-refractivity contribution in [2.24, 2.45) is 0 Å². The van der Waals surface area contributed by atoms with Crippen LogP contribution in [0.1, 0.15) is 39.8 Å². The number of H-pyrrole nitrogens is 1. The summed E-state index contributed by atoms with van der Waals surface area (Å²) in [4.78, 5) is 21.6. The van der Waals surface area contributed by atoms with Crippen molar-refractivity contribution in [3.05, 3.63) is 106 Å². The van der Waals surface area contributed by atoms with E-state index < -0.39 is 5.41 Å². The second-order valence-corrected chi connectivity index (χ2v) is 9.36. The molecule has 0 bridgehead atoms. The van der Waals surface area contributed by atoms with Gasteiger partial charge in [-0.1, -0.05) is 41.9 Å². The van der Waals surface area contributed by atoms with Crippen molar-refractivity contribution in [1.82, 2.24) is 30.0 Å². The van der Waals surface area contributed by atoms with Crippen molar-refractivity contribution in [3.8, 4) is 5.69 Å². The number of imidazole rings is 1. The first-order chi connectivity index (χ1) is 16.8. The SMILES string of the molecule is Cc1cc2nc([C@@](C)(CNC(=O)c3ccc(-n4cnnc4)cc3Cl)c3ccccc3)[nH]c2cc1C. The Hall–Kier alpha value is -3.97. The number of nitrogens with one attached hydrogen (secondary N) is 2. The zero-order valence-electron chi connectivity index (χ0n) is 19.7. The van der Waals surface area contributed by atoms with Gasteiger partial charge in [0.25, 0.3) is 5.91 Å². The molecule has 1 atom stereocenters. The van der Waals surface area contributed by atoms with E-state index in [1.54, 1.807) is 29.4 Å². The minimum absolute atomic E-state index is 0.254. The molecule has 0 saturated carbocycles. The number of benzene rings is 3. The fourth-order valence-electron chi connectivity index (χ4n) is 4.19. The van der Waals surface area contributed by atoms with E-state index in [1.165, 1.54) is 11.1 Å². The number of aromatic amines is 1. The lowest BCUT2D eigenvalue weighted by atomic mass is 9.81. The van der Waals surface area contributed by atoms with E-state index in [4.69, 9.17) is 16.6 Å². The number of hydrogen-bond donors (Lipinski definition) is 2. The van der Waals surface area contributed by atoms with Crippen molar-refractivity contribution >= 4 is 28.5 Å². The Morgan fingerprint density at radius 1 is 1.03 bits per heavy atom. The molecule has 8 heteroatoms. The predicted octanol–water partition coefficient (Wildman–Crippen LogP) is 5.15. The van der Waals surface area contributed by atoms with Gasteiger partial charge in [0.05, 0.1) is 27.0 Å². The van der Waals surface area contributed by atoms with E-state index in [2.05, 4.69) is 65.5 Å². The van der Waals surface area contributed by atoms with E-state index in [0.717, 1.165) is 28.1 Å². The zero-order valence-corrected chi connectivity index (χ0v) is 20.5. The molecule has 5 rings (SSSR count). The van der Waals surface area contributed by atoms with Gasteiger partial charge in [-0.2, -0.15) is 0 Å². The van der Waals surface area contributed by atoms with E-state index in [-0.39, 0.29) is 5.91 Å². The molecule has 3 aromatic carbocycles. The highest BCUT2D eigenvalue weighted by Crippen LogP contribution is 2.32. The molecule has 0 fully saturated rings. The Labute approximate surface area is 208 Å². The molecule has 0 aliphatic rings. The minimum atomic E-state index is -0.591. The smallest absolute Gasteiger partial charge is 0.252 e. The zero-order chi connectivity index (χ0) is 24.6. The molecule has 1 amide bonds. The van der Waals surface area contributed by atoms with Crippen molar-refractivity contribution in [1.29, 1.82) is 0 Å². The Morgan fingerprint density at radius 2 is 1.74 bits per heavy atom. The lowest BCUT2D eigenvalue weighted by Crippen LogP contribution is -2.40. The molecular formula is C27H25ClN6O. The molecule has 2 N–H and O–H groups in total. The molecular weight excluding hydrogens is 460 g/mol. The summed E-state index contributed by atoms with van der Waals surface area (Å²) in [5.41, 5.74) is 5.90. The summed E-state index contributed by atoms with van der Waals surface area (Å²) in [7, 11) is 0. The summed E-state index contributed by atoms with van der Waals surface area (Å²) in [6.07, 6.45) is 3.15. The monoisotopic (exact) mass is 484 g/mol. The molecule has 0 aliphatic heterocycles. The van der Waals surface area contributed by atoms with Crippen molar-refractivity contribution < 1.29 is 4.79 Å². The Balaban J connectivity index is 1.46. The normalized spacial score (nSPS) is 13.0. The maximum Gasteiger partial charge on any atom is 0.252 e. The van der Waals surface area contributed by atoms with E-state index >= 15 is 0 Å². The first kappa shape index (κ1) is 22.8. The number of rotatable bonds is 6. The Kier molecular flexibility index (Phi) is 5.86. The van der Waals surface area contributed by atoms with Gasteiger partial charge in [-0.05, 0) is 67.8 Å². The fraction of sp³-hybridized carbons (Fsp3) is 0.185. The van der Waals surface area contributed by atoms with Gasteiger partial charge in [-0.15, -0.1) is 10.2 Å². The number of nitrogens with zero attached hydrogens (tertiary/aromatic N) is 4. The predicted molar refractivity (Wildman–Crippen MR) is 137 cm³/mol. The van der Waals surface area contributed by atoms with Crippen LogP contribution in [-0.2, 0) is 5.41 Å². The third-order valence-corrected chi connectivity index (χ3v) is 6.86. The van der Waals surface area contributed by atoms with Crippen LogP contribution in [0.5, 0.6) is 0 Å². The van der Waals surface area contributed by atoms with Crippen molar-refractivity contribution in [2.45, 2.75) is 26.2 Å². The van der Waals surface area contributed by atoms with Crippen molar-refractivity contribution in [2.75, 3.05) is 6.54 Å². The van der Waals surface area contributed by atoms with E-state index in [9.17, 15) is 4.79 Å².